The summed E-state index contributed by atoms with van der Waals surface area (Å²) >= 11 is 7.58. The van der Waals surface area contributed by atoms with Gasteiger partial charge in [-0.05, 0) is 63.8 Å². The first kappa shape index (κ1) is 22.7. The second-order valence-corrected chi connectivity index (χ2v) is 10.7. The molecule has 0 aliphatic carbocycles. The summed E-state index contributed by atoms with van der Waals surface area (Å²) in [5, 5.41) is 1.10. The highest BCUT2D eigenvalue weighted by atomic mass is 35.5. The Morgan fingerprint density at radius 2 is 1.80 bits per heavy atom. The molecule has 0 saturated carbocycles. The van der Waals surface area contributed by atoms with Crippen molar-refractivity contribution in [2.75, 3.05) is 37.8 Å². The van der Waals surface area contributed by atoms with Gasteiger partial charge in [0, 0.05) is 11.6 Å². The van der Waals surface area contributed by atoms with Crippen LogP contribution in [0, 0.1) is 6.92 Å². The molecule has 0 unspecified atom stereocenters. The minimum atomic E-state index is -3.74. The van der Waals surface area contributed by atoms with E-state index in [2.05, 4.69) is 4.98 Å². The van der Waals surface area contributed by atoms with E-state index in [0.29, 0.717) is 23.1 Å². The van der Waals surface area contributed by atoms with E-state index in [1.165, 1.54) is 28.4 Å². The maximum atomic E-state index is 13.1. The van der Waals surface area contributed by atoms with Crippen LogP contribution in [-0.2, 0) is 14.6 Å². The van der Waals surface area contributed by atoms with Gasteiger partial charge in [-0.1, -0.05) is 41.1 Å². The van der Waals surface area contributed by atoms with Crippen LogP contribution >= 0.6 is 22.9 Å². The Balaban J connectivity index is 1.92. The van der Waals surface area contributed by atoms with Gasteiger partial charge >= 0.3 is 0 Å². The van der Waals surface area contributed by atoms with E-state index >= 15 is 0 Å². The van der Waals surface area contributed by atoms with Crippen LogP contribution in [0.4, 0.5) is 5.13 Å². The summed E-state index contributed by atoms with van der Waals surface area (Å²) in [7, 11) is 0.162. The van der Waals surface area contributed by atoms with Gasteiger partial charge in [0.1, 0.15) is 5.75 Å². The lowest BCUT2D eigenvalue weighted by Gasteiger charge is -2.21. The summed E-state index contributed by atoms with van der Waals surface area (Å²) in [5.74, 6) is -1.09. The van der Waals surface area contributed by atoms with Gasteiger partial charge in [0.2, 0.25) is 5.91 Å². The molecule has 3 rings (SSSR count). The first-order valence-corrected chi connectivity index (χ1v) is 12.3. The summed E-state index contributed by atoms with van der Waals surface area (Å²) < 4.78 is 26.4. The highest BCUT2D eigenvalue weighted by Gasteiger charge is 2.26. The molecule has 0 aliphatic heterocycles. The van der Waals surface area contributed by atoms with Crippen molar-refractivity contribution in [3.05, 3.63) is 53.1 Å². The Hall–Kier alpha value is -2.00. The SMILES string of the molecule is Cc1c(Cl)ccc2sc(N(CCCN(C)C)C(=O)CS(=O)(=O)c3ccccc3)nc12. The smallest absolute Gasteiger partial charge is 0.244 e. The molecule has 0 radical (unpaired) electrons. The Kier molecular flexibility index (Phi) is 7.13. The second kappa shape index (κ2) is 9.43. The zero-order valence-corrected chi connectivity index (χ0v) is 19.5. The number of carbonyl (C=O) groups excluding carboxylic acids is 1. The standard InChI is InChI=1S/C21H24ClN3O3S2/c1-15-17(22)10-11-18-20(15)23-21(29-18)25(13-7-12-24(2)3)19(26)14-30(27,28)16-8-5-4-6-9-16/h4-6,8-11H,7,12-14H2,1-3H3. The highest BCUT2D eigenvalue weighted by Crippen LogP contribution is 2.34. The molecule has 1 amide bonds. The van der Waals surface area contributed by atoms with Crippen molar-refractivity contribution < 1.29 is 13.2 Å². The van der Waals surface area contributed by atoms with Crippen LogP contribution in [0.15, 0.2) is 47.4 Å². The molecule has 30 heavy (non-hydrogen) atoms. The third kappa shape index (κ3) is 5.18. The minimum absolute atomic E-state index is 0.138. The quantitative estimate of drug-likeness (QED) is 0.502. The number of benzene rings is 2. The molecule has 0 atom stereocenters. The molecule has 3 aromatic rings. The number of halogens is 1. The maximum absolute atomic E-state index is 13.1. The van der Waals surface area contributed by atoms with Crippen molar-refractivity contribution in [3.63, 3.8) is 0 Å². The molecule has 0 fully saturated rings. The summed E-state index contributed by atoms with van der Waals surface area (Å²) in [6.07, 6.45) is 0.694. The van der Waals surface area contributed by atoms with E-state index in [1.807, 2.05) is 32.0 Å². The van der Waals surface area contributed by atoms with E-state index in [0.717, 1.165) is 22.3 Å². The van der Waals surface area contributed by atoms with E-state index in [-0.39, 0.29) is 4.90 Å². The number of sulfone groups is 1. The molecule has 9 heteroatoms. The zero-order chi connectivity index (χ0) is 21.9. The molecular weight excluding hydrogens is 442 g/mol. The molecule has 0 N–H and O–H groups in total. The van der Waals surface area contributed by atoms with Gasteiger partial charge in [-0.15, -0.1) is 0 Å². The van der Waals surface area contributed by atoms with Crippen LogP contribution in [0.3, 0.4) is 0 Å². The maximum Gasteiger partial charge on any atom is 0.244 e. The third-order valence-electron chi connectivity index (χ3n) is 4.67. The van der Waals surface area contributed by atoms with E-state index < -0.39 is 21.5 Å². The van der Waals surface area contributed by atoms with Crippen molar-refractivity contribution in [1.82, 2.24) is 9.88 Å². The normalized spacial score (nSPS) is 11.9. The van der Waals surface area contributed by atoms with E-state index in [9.17, 15) is 13.2 Å². The topological polar surface area (TPSA) is 70.6 Å². The molecule has 0 saturated heterocycles. The number of rotatable bonds is 8. The predicted octanol–water partition coefficient (Wildman–Crippen LogP) is 4.02. The molecule has 0 spiro atoms. The van der Waals surface area contributed by atoms with Gasteiger partial charge in [0.25, 0.3) is 0 Å². The lowest BCUT2D eigenvalue weighted by atomic mass is 10.2. The largest absolute Gasteiger partial charge is 0.309 e. The van der Waals surface area contributed by atoms with Crippen LogP contribution in [0.25, 0.3) is 10.2 Å². The number of hydrogen-bond donors (Lipinski definition) is 0. The van der Waals surface area contributed by atoms with Crippen molar-refractivity contribution in [1.29, 1.82) is 0 Å². The van der Waals surface area contributed by atoms with E-state index in [1.54, 1.807) is 24.3 Å². The molecule has 6 nitrogen and oxygen atoms in total. The van der Waals surface area contributed by atoms with Crippen LogP contribution < -0.4 is 4.90 Å². The lowest BCUT2D eigenvalue weighted by Crippen LogP contribution is -2.37. The van der Waals surface area contributed by atoms with Crippen molar-refractivity contribution in [2.45, 2.75) is 18.2 Å². The molecule has 160 valence electrons. The number of amides is 1. The number of carbonyl (C=O) groups is 1. The fraction of sp³-hybridized carbons (Fsp3) is 0.333. The van der Waals surface area contributed by atoms with Crippen molar-refractivity contribution in [2.24, 2.45) is 0 Å². The number of fused-ring (bicyclic) bond motifs is 1. The van der Waals surface area contributed by atoms with Gasteiger partial charge in [0.15, 0.2) is 15.0 Å². The second-order valence-electron chi connectivity index (χ2n) is 7.29. The zero-order valence-electron chi connectivity index (χ0n) is 17.1. The number of nitrogens with zero attached hydrogens (tertiary/aromatic N) is 3. The van der Waals surface area contributed by atoms with Crippen molar-refractivity contribution in [3.8, 4) is 0 Å². The number of anilines is 1. The Morgan fingerprint density at radius 1 is 1.10 bits per heavy atom. The van der Waals surface area contributed by atoms with Gasteiger partial charge in [0.05, 0.1) is 15.1 Å². The highest BCUT2D eigenvalue weighted by molar-refractivity contribution is 7.92. The van der Waals surface area contributed by atoms with Crippen LogP contribution in [0.5, 0.6) is 0 Å². The van der Waals surface area contributed by atoms with Gasteiger partial charge in [-0.2, -0.15) is 0 Å². The first-order valence-electron chi connectivity index (χ1n) is 9.47. The molecule has 0 aliphatic rings. The summed E-state index contributed by atoms with van der Waals surface area (Å²) in [6, 6.07) is 11.7. The summed E-state index contributed by atoms with van der Waals surface area (Å²) in [4.78, 5) is 21.4. The number of aryl methyl sites for hydroxylation is 1. The Labute approximate surface area is 186 Å². The number of hydrogen-bond acceptors (Lipinski definition) is 6. The monoisotopic (exact) mass is 465 g/mol. The molecule has 0 bridgehead atoms. The minimum Gasteiger partial charge on any atom is -0.309 e. The average molecular weight is 466 g/mol. The molecular formula is C21H24ClN3O3S2. The molecule has 1 heterocycles. The Bertz CT molecular complexity index is 1150. The Morgan fingerprint density at radius 3 is 2.47 bits per heavy atom. The number of aromatic nitrogens is 1. The average Bonchev–Trinajstić information content (AvgIpc) is 3.13. The van der Waals surface area contributed by atoms with Crippen molar-refractivity contribution >= 4 is 54.0 Å². The summed E-state index contributed by atoms with van der Waals surface area (Å²) in [5.41, 5.74) is 1.58. The molecule has 2 aromatic carbocycles. The van der Waals surface area contributed by atoms with Gasteiger partial charge in [-0.3, -0.25) is 9.69 Å². The van der Waals surface area contributed by atoms with Crippen LogP contribution in [0.1, 0.15) is 12.0 Å². The van der Waals surface area contributed by atoms with Crippen LogP contribution in [0.2, 0.25) is 5.02 Å². The molecule has 1 aromatic heterocycles. The fourth-order valence-electron chi connectivity index (χ4n) is 3.03. The third-order valence-corrected chi connectivity index (χ3v) is 7.74. The van der Waals surface area contributed by atoms with E-state index in [4.69, 9.17) is 11.6 Å². The lowest BCUT2D eigenvalue weighted by molar-refractivity contribution is -0.116. The number of thiazole rings is 1. The van der Waals surface area contributed by atoms with Gasteiger partial charge in [-0.25, -0.2) is 13.4 Å². The van der Waals surface area contributed by atoms with Crippen LogP contribution in [-0.4, -0.2) is 57.1 Å². The fourth-order valence-corrected chi connectivity index (χ4v) is 5.47. The first-order chi connectivity index (χ1) is 14.2. The van der Waals surface area contributed by atoms with Gasteiger partial charge < -0.3 is 4.90 Å². The predicted molar refractivity (Wildman–Crippen MR) is 123 cm³/mol. The summed E-state index contributed by atoms with van der Waals surface area (Å²) in [6.45, 7) is 3.03.